The average molecular weight is 497 g/mol. The maximum Gasteiger partial charge on any atom is 0.573 e. The number of hydrogen-bond acceptors (Lipinski definition) is 7. The van der Waals surface area contributed by atoms with Crippen LogP contribution in [0.5, 0.6) is 5.75 Å². The molecule has 0 aliphatic heterocycles. The first-order chi connectivity index (χ1) is 15.9. The molecule has 0 aliphatic rings. The van der Waals surface area contributed by atoms with Crippen LogP contribution in [0.3, 0.4) is 0 Å². The lowest BCUT2D eigenvalue weighted by molar-refractivity contribution is -0.274. The molecule has 34 heavy (non-hydrogen) atoms. The lowest BCUT2D eigenvalue weighted by atomic mass is 9.80. The molecular formula is C22H22F3N3O5S. The fourth-order valence-corrected chi connectivity index (χ4v) is 4.09. The number of rotatable bonds is 8. The highest BCUT2D eigenvalue weighted by Crippen LogP contribution is 2.33. The topological polar surface area (TPSA) is 113 Å². The number of primary amides is 1. The van der Waals surface area contributed by atoms with Crippen LogP contribution in [0.2, 0.25) is 0 Å². The summed E-state index contributed by atoms with van der Waals surface area (Å²) in [5, 5.41) is 2.58. The Morgan fingerprint density at radius 1 is 1.15 bits per heavy atom. The van der Waals surface area contributed by atoms with Crippen molar-refractivity contribution in [3.05, 3.63) is 54.1 Å². The van der Waals surface area contributed by atoms with E-state index in [1.165, 1.54) is 12.1 Å². The van der Waals surface area contributed by atoms with Crippen LogP contribution in [0.1, 0.15) is 19.4 Å². The van der Waals surface area contributed by atoms with Gasteiger partial charge in [0.15, 0.2) is 5.13 Å². The van der Waals surface area contributed by atoms with Crippen LogP contribution in [0, 0.1) is 5.41 Å². The number of carbonyl (C=O) groups excluding carboxylic acids is 2. The monoisotopic (exact) mass is 497 g/mol. The number of anilines is 1. The third kappa shape index (κ3) is 7.24. The first-order valence-corrected chi connectivity index (χ1v) is 10.8. The molecule has 182 valence electrons. The quantitative estimate of drug-likeness (QED) is 0.426. The fourth-order valence-electron chi connectivity index (χ4n) is 3.21. The molecule has 3 rings (SSSR count). The van der Waals surface area contributed by atoms with Crippen LogP contribution in [-0.4, -0.2) is 36.2 Å². The van der Waals surface area contributed by atoms with Crippen molar-refractivity contribution < 1.29 is 37.0 Å². The highest BCUT2D eigenvalue weighted by atomic mass is 32.1. The summed E-state index contributed by atoms with van der Waals surface area (Å²) >= 11 is 0.945. The number of fused-ring (bicyclic) bond motifs is 1. The maximum absolute atomic E-state index is 12.6. The van der Waals surface area contributed by atoms with Crippen molar-refractivity contribution in [1.29, 1.82) is 0 Å². The Hall–Kier alpha value is -3.54. The summed E-state index contributed by atoms with van der Waals surface area (Å²) in [4.78, 5) is 27.9. The summed E-state index contributed by atoms with van der Waals surface area (Å²) in [7, 11) is 0. The van der Waals surface area contributed by atoms with Gasteiger partial charge >= 0.3 is 18.5 Å². The number of ether oxygens (including phenoxy) is 3. The van der Waals surface area contributed by atoms with Crippen LogP contribution in [0.25, 0.3) is 10.2 Å². The molecular weight excluding hydrogens is 475 g/mol. The minimum absolute atomic E-state index is 0.111. The molecule has 3 aromatic rings. The fraction of sp³-hybridized carbons (Fsp3) is 0.318. The van der Waals surface area contributed by atoms with Crippen molar-refractivity contribution in [2.24, 2.45) is 11.1 Å². The summed E-state index contributed by atoms with van der Waals surface area (Å²) in [6.45, 7) is 3.44. The van der Waals surface area contributed by atoms with E-state index in [-0.39, 0.29) is 11.7 Å². The Kier molecular flexibility index (Phi) is 7.50. The van der Waals surface area contributed by atoms with E-state index < -0.39 is 35.8 Å². The van der Waals surface area contributed by atoms with Crippen molar-refractivity contribution in [3.8, 4) is 5.75 Å². The molecule has 0 fully saturated rings. The molecule has 12 heteroatoms. The van der Waals surface area contributed by atoms with Gasteiger partial charge in [-0.3, -0.25) is 5.32 Å². The number of nitrogens with two attached hydrogens (primary N) is 1. The van der Waals surface area contributed by atoms with E-state index in [1.807, 2.05) is 44.2 Å². The van der Waals surface area contributed by atoms with Gasteiger partial charge < -0.3 is 19.9 Å². The molecule has 2 aromatic carbocycles. The molecule has 0 bridgehead atoms. The molecule has 3 N–H and O–H groups in total. The van der Waals surface area contributed by atoms with Gasteiger partial charge in [-0.2, -0.15) is 0 Å². The van der Waals surface area contributed by atoms with Crippen LogP contribution in [0.15, 0.2) is 48.5 Å². The summed E-state index contributed by atoms with van der Waals surface area (Å²) in [6, 6.07) is 13.1. The van der Waals surface area contributed by atoms with Crippen LogP contribution >= 0.6 is 11.3 Å². The van der Waals surface area contributed by atoms with Gasteiger partial charge in [0.2, 0.25) is 0 Å². The van der Waals surface area contributed by atoms with Gasteiger partial charge in [-0.05, 0) is 24.1 Å². The highest BCUT2D eigenvalue weighted by molar-refractivity contribution is 7.22. The molecule has 1 aromatic heterocycles. The predicted octanol–water partition coefficient (Wildman–Crippen LogP) is 5.48. The molecule has 0 spiro atoms. The van der Waals surface area contributed by atoms with Gasteiger partial charge in [0.05, 0.1) is 10.2 Å². The number of hydrogen-bond donors (Lipinski definition) is 2. The van der Waals surface area contributed by atoms with Crippen molar-refractivity contribution in [2.45, 2.75) is 32.7 Å². The number of aromatic nitrogens is 1. The SMILES string of the molecule is CC(C)(Cc1ccccc1)C(COC(N)=O)OC(=O)Nc1nc2ccc(OC(F)(F)F)cc2s1. The Labute approximate surface area is 196 Å². The molecule has 1 heterocycles. The summed E-state index contributed by atoms with van der Waals surface area (Å²) in [5.74, 6) is -0.399. The Morgan fingerprint density at radius 2 is 1.85 bits per heavy atom. The average Bonchev–Trinajstić information content (AvgIpc) is 3.11. The number of carbonyl (C=O) groups is 2. The van der Waals surface area contributed by atoms with E-state index in [0.29, 0.717) is 16.6 Å². The van der Waals surface area contributed by atoms with Gasteiger partial charge in [-0.15, -0.1) is 13.2 Å². The van der Waals surface area contributed by atoms with Gasteiger partial charge in [-0.25, -0.2) is 14.6 Å². The Balaban J connectivity index is 1.71. The zero-order valence-electron chi connectivity index (χ0n) is 18.2. The molecule has 0 aliphatic carbocycles. The zero-order chi connectivity index (χ0) is 24.9. The smallest absolute Gasteiger partial charge is 0.446 e. The van der Waals surface area contributed by atoms with Gasteiger partial charge in [0.25, 0.3) is 0 Å². The second-order valence-corrected chi connectivity index (χ2v) is 9.03. The minimum Gasteiger partial charge on any atom is -0.446 e. The summed E-state index contributed by atoms with van der Waals surface area (Å²) < 4.78 is 52.0. The molecule has 1 atom stereocenters. The van der Waals surface area contributed by atoms with Gasteiger partial charge in [0.1, 0.15) is 18.5 Å². The van der Waals surface area contributed by atoms with E-state index in [2.05, 4.69) is 15.0 Å². The minimum atomic E-state index is -4.82. The van der Waals surface area contributed by atoms with Crippen molar-refractivity contribution in [1.82, 2.24) is 4.98 Å². The van der Waals surface area contributed by atoms with E-state index in [0.717, 1.165) is 23.0 Å². The number of benzene rings is 2. The van der Waals surface area contributed by atoms with E-state index in [9.17, 15) is 22.8 Å². The number of nitrogens with one attached hydrogen (secondary N) is 1. The number of alkyl halides is 3. The Bertz CT molecular complexity index is 1150. The second kappa shape index (κ2) is 10.2. The number of nitrogens with zero attached hydrogens (tertiary/aromatic N) is 1. The molecule has 0 radical (unpaired) electrons. The number of halogens is 3. The van der Waals surface area contributed by atoms with Gasteiger partial charge in [0, 0.05) is 11.5 Å². The standard InChI is InChI=1S/C22H22F3N3O5S/c1-21(2,11-13-6-4-3-5-7-13)17(12-31-18(26)29)32-20(30)28-19-27-15-9-8-14(10-16(15)34-19)33-22(23,24)25/h3-10,17H,11-12H2,1-2H3,(H2,26,29)(H,27,28,30). The van der Waals surface area contributed by atoms with Crippen molar-refractivity contribution in [2.75, 3.05) is 11.9 Å². The molecule has 8 nitrogen and oxygen atoms in total. The number of amides is 2. The summed E-state index contributed by atoms with van der Waals surface area (Å²) in [6.07, 6.45) is -7.05. The van der Waals surface area contributed by atoms with Crippen molar-refractivity contribution in [3.63, 3.8) is 0 Å². The largest absolute Gasteiger partial charge is 0.573 e. The lowest BCUT2D eigenvalue weighted by Crippen LogP contribution is -2.41. The van der Waals surface area contributed by atoms with Crippen LogP contribution < -0.4 is 15.8 Å². The molecule has 2 amide bonds. The van der Waals surface area contributed by atoms with Crippen LogP contribution in [0.4, 0.5) is 27.9 Å². The van der Waals surface area contributed by atoms with Crippen LogP contribution in [-0.2, 0) is 15.9 Å². The first kappa shape index (κ1) is 25.1. The zero-order valence-corrected chi connectivity index (χ0v) is 19.0. The summed E-state index contributed by atoms with van der Waals surface area (Å²) in [5.41, 5.74) is 5.79. The second-order valence-electron chi connectivity index (χ2n) is 8.00. The predicted molar refractivity (Wildman–Crippen MR) is 120 cm³/mol. The van der Waals surface area contributed by atoms with E-state index in [4.69, 9.17) is 15.2 Å². The number of thiazole rings is 1. The van der Waals surface area contributed by atoms with Crippen molar-refractivity contribution >= 4 is 38.9 Å². The lowest BCUT2D eigenvalue weighted by Gasteiger charge is -2.33. The maximum atomic E-state index is 12.6. The molecule has 0 saturated heterocycles. The van der Waals surface area contributed by atoms with Gasteiger partial charge in [-0.1, -0.05) is 55.5 Å². The third-order valence-electron chi connectivity index (χ3n) is 4.80. The molecule has 1 unspecified atom stereocenters. The van der Waals surface area contributed by atoms with E-state index >= 15 is 0 Å². The normalized spacial score (nSPS) is 12.7. The third-order valence-corrected chi connectivity index (χ3v) is 5.74. The highest BCUT2D eigenvalue weighted by Gasteiger charge is 2.35. The first-order valence-electron chi connectivity index (χ1n) is 10.0. The molecule has 0 saturated carbocycles. The Morgan fingerprint density at radius 3 is 2.50 bits per heavy atom. The van der Waals surface area contributed by atoms with E-state index in [1.54, 1.807) is 0 Å².